The van der Waals surface area contributed by atoms with E-state index < -0.39 is 11.9 Å². The van der Waals surface area contributed by atoms with Crippen molar-refractivity contribution in [2.75, 3.05) is 0 Å². The molecule has 0 aromatic carbocycles. The molecular formula is C14H8Cl2F3N5. The lowest BCUT2D eigenvalue weighted by Gasteiger charge is -2.07. The van der Waals surface area contributed by atoms with Crippen LogP contribution in [0.25, 0.3) is 11.4 Å². The average molecular weight is 374 g/mol. The minimum atomic E-state index is -4.57. The predicted octanol–water partition coefficient (Wildman–Crippen LogP) is 4.11. The molecule has 0 atom stereocenters. The summed E-state index contributed by atoms with van der Waals surface area (Å²) in [7, 11) is 0. The number of hydrogen-bond acceptors (Lipinski definition) is 4. The first-order valence-corrected chi connectivity index (χ1v) is 7.31. The van der Waals surface area contributed by atoms with Gasteiger partial charge in [-0.15, -0.1) is 0 Å². The second kappa shape index (κ2) is 6.37. The van der Waals surface area contributed by atoms with Gasteiger partial charge in [0, 0.05) is 30.4 Å². The zero-order valence-corrected chi connectivity index (χ0v) is 13.3. The first-order chi connectivity index (χ1) is 11.3. The number of hydrogen-bond donors (Lipinski definition) is 0. The summed E-state index contributed by atoms with van der Waals surface area (Å²) in [4.78, 5) is 15.5. The molecule has 3 aromatic rings. The van der Waals surface area contributed by atoms with Crippen LogP contribution in [0.1, 0.15) is 11.5 Å². The Labute approximate surface area is 144 Å². The third kappa shape index (κ3) is 3.65. The third-order valence-electron chi connectivity index (χ3n) is 3.04. The van der Waals surface area contributed by atoms with Crippen molar-refractivity contribution in [1.29, 1.82) is 0 Å². The largest absolute Gasteiger partial charge is 0.434 e. The summed E-state index contributed by atoms with van der Waals surface area (Å²) in [5.41, 5.74) is -0.612. The van der Waals surface area contributed by atoms with E-state index in [0.29, 0.717) is 16.4 Å². The minimum Gasteiger partial charge on any atom is -0.323 e. The summed E-state index contributed by atoms with van der Waals surface area (Å²) in [5.74, 6) is 0.386. The van der Waals surface area contributed by atoms with Crippen molar-refractivity contribution < 1.29 is 13.2 Å². The average Bonchev–Trinajstić information content (AvgIpc) is 2.94. The van der Waals surface area contributed by atoms with Crippen molar-refractivity contribution in [2.24, 2.45) is 0 Å². The van der Waals surface area contributed by atoms with E-state index in [2.05, 4.69) is 19.9 Å². The van der Waals surface area contributed by atoms with Crippen LogP contribution in [-0.2, 0) is 12.7 Å². The van der Waals surface area contributed by atoms with E-state index in [9.17, 15) is 13.2 Å². The molecule has 0 aliphatic carbocycles. The molecule has 0 aliphatic heterocycles. The van der Waals surface area contributed by atoms with Crippen LogP contribution in [0.2, 0.25) is 10.2 Å². The quantitative estimate of drug-likeness (QED) is 0.648. The fraction of sp³-hybridized carbons (Fsp3) is 0.143. The molecule has 0 fully saturated rings. The number of nitrogens with zero attached hydrogens (tertiary/aromatic N) is 5. The summed E-state index contributed by atoms with van der Waals surface area (Å²) >= 11 is 11.5. The van der Waals surface area contributed by atoms with Gasteiger partial charge in [-0.1, -0.05) is 23.2 Å². The molecule has 3 heterocycles. The predicted molar refractivity (Wildman–Crippen MR) is 81.6 cm³/mol. The standard InChI is InChI=1S/C14H8Cl2F3N5/c15-9-4-21-12(22-5-9)7-24-6-10(14(17,18)19)23-13(24)8-1-2-20-11(16)3-8/h1-6H,7H2. The van der Waals surface area contributed by atoms with Gasteiger partial charge in [0.15, 0.2) is 5.69 Å². The van der Waals surface area contributed by atoms with Crippen LogP contribution in [-0.4, -0.2) is 24.5 Å². The van der Waals surface area contributed by atoms with Crippen LogP contribution >= 0.6 is 23.2 Å². The highest BCUT2D eigenvalue weighted by atomic mass is 35.5. The molecule has 0 bridgehead atoms. The maximum Gasteiger partial charge on any atom is 0.434 e. The van der Waals surface area contributed by atoms with Gasteiger partial charge >= 0.3 is 6.18 Å². The molecule has 124 valence electrons. The van der Waals surface area contributed by atoms with E-state index in [1.165, 1.54) is 35.3 Å². The van der Waals surface area contributed by atoms with E-state index >= 15 is 0 Å². The number of halogens is 5. The van der Waals surface area contributed by atoms with E-state index in [1.807, 2.05) is 0 Å². The fourth-order valence-electron chi connectivity index (χ4n) is 2.02. The van der Waals surface area contributed by atoms with Gasteiger partial charge in [0.05, 0.1) is 11.6 Å². The molecule has 3 aromatic heterocycles. The third-order valence-corrected chi connectivity index (χ3v) is 3.44. The molecule has 10 heteroatoms. The lowest BCUT2D eigenvalue weighted by molar-refractivity contribution is -0.140. The van der Waals surface area contributed by atoms with Gasteiger partial charge in [-0.05, 0) is 12.1 Å². The molecule has 0 radical (unpaired) electrons. The van der Waals surface area contributed by atoms with Gasteiger partial charge < -0.3 is 4.57 Å². The lowest BCUT2D eigenvalue weighted by atomic mass is 10.2. The minimum absolute atomic E-state index is 0.00444. The summed E-state index contributed by atoms with van der Waals surface area (Å²) < 4.78 is 40.3. The van der Waals surface area contributed by atoms with Crippen molar-refractivity contribution in [1.82, 2.24) is 24.5 Å². The van der Waals surface area contributed by atoms with E-state index in [1.54, 1.807) is 0 Å². The normalized spacial score (nSPS) is 11.7. The highest BCUT2D eigenvalue weighted by molar-refractivity contribution is 6.30. The molecule has 0 unspecified atom stereocenters. The van der Waals surface area contributed by atoms with Crippen LogP contribution in [0.5, 0.6) is 0 Å². The molecule has 3 rings (SSSR count). The van der Waals surface area contributed by atoms with Gasteiger partial charge in [-0.25, -0.2) is 19.9 Å². The summed E-state index contributed by atoms with van der Waals surface area (Å²) in [6, 6.07) is 2.96. The second-order valence-corrected chi connectivity index (χ2v) is 5.58. The lowest BCUT2D eigenvalue weighted by Crippen LogP contribution is -2.06. The van der Waals surface area contributed by atoms with Crippen LogP contribution in [0.3, 0.4) is 0 Å². The molecular weight excluding hydrogens is 366 g/mol. The van der Waals surface area contributed by atoms with Gasteiger partial charge in [-0.2, -0.15) is 13.2 Å². The molecule has 0 N–H and O–H groups in total. The number of aromatic nitrogens is 5. The Morgan fingerprint density at radius 2 is 1.79 bits per heavy atom. The molecule has 0 saturated heterocycles. The first kappa shape index (κ1) is 16.7. The molecule has 0 aliphatic rings. The Bertz CT molecular complexity index is 862. The summed E-state index contributed by atoms with van der Waals surface area (Å²) in [5, 5.41) is 0.486. The number of pyridine rings is 1. The Kier molecular flexibility index (Phi) is 4.42. The zero-order valence-electron chi connectivity index (χ0n) is 11.8. The van der Waals surface area contributed by atoms with Crippen molar-refractivity contribution in [3.05, 3.63) is 58.6 Å². The van der Waals surface area contributed by atoms with Crippen LogP contribution in [0.15, 0.2) is 36.9 Å². The summed E-state index contributed by atoms with van der Waals surface area (Å²) in [6.07, 6.45) is 0.463. The molecule has 24 heavy (non-hydrogen) atoms. The zero-order chi connectivity index (χ0) is 17.3. The van der Waals surface area contributed by atoms with Gasteiger partial charge in [0.25, 0.3) is 0 Å². The Morgan fingerprint density at radius 3 is 2.42 bits per heavy atom. The topological polar surface area (TPSA) is 56.5 Å². The molecule has 5 nitrogen and oxygen atoms in total. The maximum absolute atomic E-state index is 13.0. The molecule has 0 spiro atoms. The Hall–Kier alpha value is -2.19. The SMILES string of the molecule is FC(F)(F)c1cn(Cc2ncc(Cl)cn2)c(-c2ccnc(Cl)c2)n1. The van der Waals surface area contributed by atoms with Gasteiger partial charge in [0.1, 0.15) is 16.8 Å². The number of rotatable bonds is 3. The van der Waals surface area contributed by atoms with Crippen LogP contribution in [0.4, 0.5) is 13.2 Å². The molecule has 0 amide bonds. The smallest absolute Gasteiger partial charge is 0.323 e. The van der Waals surface area contributed by atoms with Crippen molar-refractivity contribution in [3.63, 3.8) is 0 Å². The monoisotopic (exact) mass is 373 g/mol. The maximum atomic E-state index is 13.0. The van der Waals surface area contributed by atoms with Gasteiger partial charge in [0.2, 0.25) is 0 Å². The van der Waals surface area contributed by atoms with Crippen LogP contribution in [0, 0.1) is 0 Å². The van der Waals surface area contributed by atoms with Crippen molar-refractivity contribution in [3.8, 4) is 11.4 Å². The Morgan fingerprint density at radius 1 is 1.08 bits per heavy atom. The van der Waals surface area contributed by atoms with Crippen molar-refractivity contribution in [2.45, 2.75) is 12.7 Å². The number of imidazole rings is 1. The van der Waals surface area contributed by atoms with E-state index in [0.717, 1.165) is 6.20 Å². The summed E-state index contributed by atoms with van der Waals surface area (Å²) in [6.45, 7) is -0.00444. The highest BCUT2D eigenvalue weighted by Gasteiger charge is 2.35. The van der Waals surface area contributed by atoms with Crippen molar-refractivity contribution >= 4 is 23.2 Å². The molecule has 0 saturated carbocycles. The van der Waals surface area contributed by atoms with E-state index in [-0.39, 0.29) is 17.5 Å². The second-order valence-electron chi connectivity index (χ2n) is 4.76. The van der Waals surface area contributed by atoms with Crippen LogP contribution < -0.4 is 0 Å². The first-order valence-electron chi connectivity index (χ1n) is 6.55. The Balaban J connectivity index is 2.06. The highest BCUT2D eigenvalue weighted by Crippen LogP contribution is 2.31. The van der Waals surface area contributed by atoms with Gasteiger partial charge in [-0.3, -0.25) is 0 Å². The van der Waals surface area contributed by atoms with E-state index in [4.69, 9.17) is 23.2 Å². The fourth-order valence-corrected chi connectivity index (χ4v) is 2.29. The number of alkyl halides is 3.